The third-order valence-electron chi connectivity index (χ3n) is 1.89. The lowest BCUT2D eigenvalue weighted by Gasteiger charge is -2.04. The highest BCUT2D eigenvalue weighted by Crippen LogP contribution is 2.22. The minimum absolute atomic E-state index is 0.542. The van der Waals surface area contributed by atoms with Crippen molar-refractivity contribution in [3.05, 3.63) is 30.5 Å². The fraction of sp³-hybridized carbons (Fsp3) is 0.200. The van der Waals surface area contributed by atoms with E-state index >= 15 is 0 Å². The van der Waals surface area contributed by atoms with Crippen molar-refractivity contribution in [1.82, 2.24) is 19.9 Å². The molecule has 2 aromatic rings. The Morgan fingerprint density at radius 1 is 1.07 bits per heavy atom. The first-order chi connectivity index (χ1) is 7.31. The fourth-order valence-corrected chi connectivity index (χ4v) is 1.15. The van der Waals surface area contributed by atoms with Crippen molar-refractivity contribution in [2.75, 3.05) is 7.11 Å². The Bertz CT molecular complexity index is 455. The molecule has 0 fully saturated rings. The summed E-state index contributed by atoms with van der Waals surface area (Å²) in [6, 6.07) is 0. The summed E-state index contributed by atoms with van der Waals surface area (Å²) in [6.07, 6.45) is 6.51. The second-order valence-corrected chi connectivity index (χ2v) is 3.02. The molecule has 0 amide bonds. The van der Waals surface area contributed by atoms with E-state index in [0.717, 1.165) is 5.56 Å². The Morgan fingerprint density at radius 3 is 2.47 bits per heavy atom. The van der Waals surface area contributed by atoms with Gasteiger partial charge in [-0.25, -0.2) is 19.9 Å². The molecular formula is C10H10N4O. The van der Waals surface area contributed by atoms with Crippen LogP contribution in [0.2, 0.25) is 0 Å². The van der Waals surface area contributed by atoms with Gasteiger partial charge in [-0.1, -0.05) is 0 Å². The number of methoxy groups -OCH3 is 1. The summed E-state index contributed by atoms with van der Waals surface area (Å²) in [5.74, 6) is 1.11. The summed E-state index contributed by atoms with van der Waals surface area (Å²) >= 11 is 0. The van der Waals surface area contributed by atoms with E-state index in [-0.39, 0.29) is 0 Å². The van der Waals surface area contributed by atoms with Crippen molar-refractivity contribution in [3.63, 3.8) is 0 Å². The molecule has 0 saturated carbocycles. The van der Waals surface area contributed by atoms with Crippen LogP contribution in [-0.4, -0.2) is 27.0 Å². The molecule has 2 heterocycles. The van der Waals surface area contributed by atoms with Crippen LogP contribution in [0.5, 0.6) is 5.75 Å². The van der Waals surface area contributed by atoms with Crippen LogP contribution in [0.3, 0.4) is 0 Å². The maximum Gasteiger partial charge on any atom is 0.182 e. The van der Waals surface area contributed by atoms with E-state index in [1.807, 2.05) is 6.92 Å². The lowest BCUT2D eigenvalue weighted by molar-refractivity contribution is 0.412. The first kappa shape index (κ1) is 9.51. The lowest BCUT2D eigenvalue weighted by Crippen LogP contribution is -1.96. The molecule has 0 spiro atoms. The van der Waals surface area contributed by atoms with Crippen molar-refractivity contribution in [2.24, 2.45) is 0 Å². The van der Waals surface area contributed by atoms with Gasteiger partial charge in [-0.05, 0) is 12.5 Å². The van der Waals surface area contributed by atoms with E-state index in [9.17, 15) is 0 Å². The summed E-state index contributed by atoms with van der Waals surface area (Å²) in [5.41, 5.74) is 1.61. The summed E-state index contributed by atoms with van der Waals surface area (Å²) in [5, 5.41) is 0. The van der Waals surface area contributed by atoms with Crippen molar-refractivity contribution in [1.29, 1.82) is 0 Å². The maximum absolute atomic E-state index is 5.12. The summed E-state index contributed by atoms with van der Waals surface area (Å²) in [6.45, 7) is 1.93. The Balaban J connectivity index is 2.49. The van der Waals surface area contributed by atoms with Crippen LogP contribution in [0.1, 0.15) is 5.56 Å². The van der Waals surface area contributed by atoms with Gasteiger partial charge in [0.1, 0.15) is 6.33 Å². The number of hydrogen-bond acceptors (Lipinski definition) is 5. The van der Waals surface area contributed by atoms with E-state index in [2.05, 4.69) is 19.9 Å². The molecule has 2 aromatic heterocycles. The Hall–Kier alpha value is -2.04. The van der Waals surface area contributed by atoms with Gasteiger partial charge in [0, 0.05) is 12.4 Å². The second kappa shape index (κ2) is 4.00. The predicted octanol–water partition coefficient (Wildman–Crippen LogP) is 1.25. The zero-order valence-corrected chi connectivity index (χ0v) is 8.51. The van der Waals surface area contributed by atoms with Gasteiger partial charge in [0.05, 0.1) is 13.3 Å². The van der Waals surface area contributed by atoms with Crippen LogP contribution < -0.4 is 4.74 Å². The largest absolute Gasteiger partial charge is 0.493 e. The predicted molar refractivity (Wildman–Crippen MR) is 54.3 cm³/mol. The maximum atomic E-state index is 5.12. The topological polar surface area (TPSA) is 60.8 Å². The molecule has 0 saturated heterocycles. The van der Waals surface area contributed by atoms with Gasteiger partial charge in [-0.2, -0.15) is 0 Å². The standard InChI is InChI=1S/C10H10N4O/c1-7-3-12-10(13-4-7)9-8(15-2)5-11-6-14-9/h3-6H,1-2H3. The van der Waals surface area contributed by atoms with Crippen LogP contribution in [0, 0.1) is 6.92 Å². The quantitative estimate of drug-likeness (QED) is 0.733. The Labute approximate surface area is 87.2 Å². The molecule has 76 valence electrons. The van der Waals surface area contributed by atoms with Gasteiger partial charge in [0.25, 0.3) is 0 Å². The monoisotopic (exact) mass is 202 g/mol. The molecule has 2 rings (SSSR count). The number of aryl methyl sites for hydroxylation is 1. The summed E-state index contributed by atoms with van der Waals surface area (Å²) in [7, 11) is 1.57. The smallest absolute Gasteiger partial charge is 0.182 e. The normalized spacial score (nSPS) is 10.0. The van der Waals surface area contributed by atoms with E-state index in [4.69, 9.17) is 4.74 Å². The molecule has 0 aliphatic carbocycles. The van der Waals surface area contributed by atoms with Gasteiger partial charge in [0.2, 0.25) is 0 Å². The molecule has 15 heavy (non-hydrogen) atoms. The van der Waals surface area contributed by atoms with Crippen LogP contribution in [0.25, 0.3) is 11.5 Å². The van der Waals surface area contributed by atoms with Crippen LogP contribution in [0.4, 0.5) is 0 Å². The molecule has 0 aromatic carbocycles. The highest BCUT2D eigenvalue weighted by molar-refractivity contribution is 5.57. The third kappa shape index (κ3) is 1.90. The second-order valence-electron chi connectivity index (χ2n) is 3.02. The minimum Gasteiger partial charge on any atom is -0.493 e. The van der Waals surface area contributed by atoms with Crippen LogP contribution >= 0.6 is 0 Å². The number of aromatic nitrogens is 4. The van der Waals surface area contributed by atoms with E-state index < -0.39 is 0 Å². The molecule has 0 aliphatic heterocycles. The third-order valence-corrected chi connectivity index (χ3v) is 1.89. The fourth-order valence-electron chi connectivity index (χ4n) is 1.15. The van der Waals surface area contributed by atoms with E-state index in [1.54, 1.807) is 25.7 Å². The van der Waals surface area contributed by atoms with Crippen molar-refractivity contribution >= 4 is 0 Å². The van der Waals surface area contributed by atoms with Gasteiger partial charge in [-0.15, -0.1) is 0 Å². The first-order valence-electron chi connectivity index (χ1n) is 4.44. The molecule has 0 N–H and O–H groups in total. The average molecular weight is 202 g/mol. The van der Waals surface area contributed by atoms with Crippen LogP contribution in [-0.2, 0) is 0 Å². The highest BCUT2D eigenvalue weighted by Gasteiger charge is 2.09. The van der Waals surface area contributed by atoms with Gasteiger partial charge >= 0.3 is 0 Å². The van der Waals surface area contributed by atoms with E-state index in [1.165, 1.54) is 6.33 Å². The lowest BCUT2D eigenvalue weighted by atomic mass is 10.3. The van der Waals surface area contributed by atoms with Gasteiger partial charge in [-0.3, -0.25) is 0 Å². The molecular weight excluding hydrogens is 192 g/mol. The SMILES string of the molecule is COc1cncnc1-c1ncc(C)cn1. The summed E-state index contributed by atoms with van der Waals surface area (Å²) in [4.78, 5) is 16.3. The zero-order chi connectivity index (χ0) is 10.7. The molecule has 0 radical (unpaired) electrons. The Kier molecular flexibility index (Phi) is 2.53. The van der Waals surface area contributed by atoms with Crippen molar-refractivity contribution in [2.45, 2.75) is 6.92 Å². The number of rotatable bonds is 2. The van der Waals surface area contributed by atoms with Gasteiger partial charge in [0.15, 0.2) is 17.3 Å². The molecule has 0 aliphatic rings. The van der Waals surface area contributed by atoms with Crippen LogP contribution in [0.15, 0.2) is 24.9 Å². The van der Waals surface area contributed by atoms with Gasteiger partial charge < -0.3 is 4.74 Å². The number of hydrogen-bond donors (Lipinski definition) is 0. The minimum atomic E-state index is 0.542. The molecule has 0 bridgehead atoms. The Morgan fingerprint density at radius 2 is 1.80 bits per heavy atom. The summed E-state index contributed by atoms with van der Waals surface area (Å²) < 4.78 is 5.12. The van der Waals surface area contributed by atoms with E-state index in [0.29, 0.717) is 17.3 Å². The number of nitrogens with zero attached hydrogens (tertiary/aromatic N) is 4. The molecule has 5 nitrogen and oxygen atoms in total. The molecule has 0 atom stereocenters. The average Bonchev–Trinajstić information content (AvgIpc) is 2.30. The highest BCUT2D eigenvalue weighted by atomic mass is 16.5. The first-order valence-corrected chi connectivity index (χ1v) is 4.44. The number of ether oxygens (including phenoxy) is 1. The van der Waals surface area contributed by atoms with Crippen molar-refractivity contribution in [3.8, 4) is 17.3 Å². The zero-order valence-electron chi connectivity index (χ0n) is 8.51. The molecule has 5 heteroatoms. The van der Waals surface area contributed by atoms with Crippen molar-refractivity contribution < 1.29 is 4.74 Å². The molecule has 0 unspecified atom stereocenters.